The minimum atomic E-state index is -0.129. The molecule has 0 aliphatic heterocycles. The minimum absolute atomic E-state index is 0.129. The van der Waals surface area contributed by atoms with Crippen molar-refractivity contribution in [2.45, 2.75) is 26.2 Å². The third-order valence-electron chi connectivity index (χ3n) is 3.79. The fourth-order valence-electron chi connectivity index (χ4n) is 2.64. The Bertz CT molecular complexity index is 583. The summed E-state index contributed by atoms with van der Waals surface area (Å²) in [6.07, 6.45) is 8.12. The van der Waals surface area contributed by atoms with Gasteiger partial charge >= 0.3 is 0 Å². The van der Waals surface area contributed by atoms with Crippen LogP contribution >= 0.6 is 0 Å². The number of nitrogens with one attached hydrogen (secondary N) is 1. The summed E-state index contributed by atoms with van der Waals surface area (Å²) < 4.78 is 3.56. The van der Waals surface area contributed by atoms with Gasteiger partial charge in [-0.25, -0.2) is 0 Å². The van der Waals surface area contributed by atoms with E-state index in [2.05, 4.69) is 17.3 Å². The van der Waals surface area contributed by atoms with E-state index in [1.165, 1.54) is 0 Å². The number of rotatable bonds is 8. The molecule has 2 aromatic heterocycles. The Morgan fingerprint density at radius 1 is 1.36 bits per heavy atom. The van der Waals surface area contributed by atoms with Crippen LogP contribution in [0.4, 0.5) is 0 Å². The van der Waals surface area contributed by atoms with Gasteiger partial charge in [0.1, 0.15) is 11.4 Å². The number of aryl methyl sites for hydroxylation is 1. The average Bonchev–Trinajstić information content (AvgIpc) is 3.13. The molecule has 120 valence electrons. The van der Waals surface area contributed by atoms with Gasteiger partial charge in [0.25, 0.3) is 5.91 Å². The first-order valence-corrected chi connectivity index (χ1v) is 7.71. The second-order valence-corrected chi connectivity index (χ2v) is 5.47. The fraction of sp³-hybridized carbons (Fsp3) is 0.500. The summed E-state index contributed by atoms with van der Waals surface area (Å²) in [6.45, 7) is 2.84. The zero-order chi connectivity index (χ0) is 15.9. The minimum Gasteiger partial charge on any atom is -0.396 e. The number of hydrogen-bond donors (Lipinski definition) is 2. The monoisotopic (exact) mass is 304 g/mol. The maximum absolute atomic E-state index is 12.4. The summed E-state index contributed by atoms with van der Waals surface area (Å²) in [5, 5.41) is 16.2. The van der Waals surface area contributed by atoms with E-state index in [1.54, 1.807) is 10.9 Å². The lowest BCUT2D eigenvalue weighted by molar-refractivity contribution is 0.0943. The largest absolute Gasteiger partial charge is 0.396 e. The smallest absolute Gasteiger partial charge is 0.256 e. The highest BCUT2D eigenvalue weighted by Gasteiger charge is 2.18. The highest BCUT2D eigenvalue weighted by atomic mass is 16.3. The molecule has 6 heteroatoms. The van der Waals surface area contributed by atoms with Gasteiger partial charge in [-0.2, -0.15) is 5.10 Å². The Balaban J connectivity index is 2.07. The Morgan fingerprint density at radius 2 is 2.09 bits per heavy atom. The average molecular weight is 304 g/mol. The molecule has 0 aliphatic carbocycles. The molecular weight excluding hydrogens is 280 g/mol. The summed E-state index contributed by atoms with van der Waals surface area (Å²) >= 11 is 0. The van der Waals surface area contributed by atoms with E-state index < -0.39 is 0 Å². The van der Waals surface area contributed by atoms with Crippen LogP contribution in [0.1, 0.15) is 36.5 Å². The standard InChI is InChI=1S/C16H24N4O2/c1-3-6-13(7-10-21)11-17-15(22)14-12-18-19(2)16(14)20-8-4-5-9-20/h4-5,8-9,12-13,21H,3,6-7,10-11H2,1-2H3,(H,17,22). The van der Waals surface area contributed by atoms with Crippen molar-refractivity contribution >= 4 is 5.91 Å². The number of amides is 1. The Labute approximate surface area is 130 Å². The van der Waals surface area contributed by atoms with Crippen molar-refractivity contribution < 1.29 is 9.90 Å². The lowest BCUT2D eigenvalue weighted by Crippen LogP contribution is -2.30. The van der Waals surface area contributed by atoms with Crippen LogP contribution in [-0.4, -0.2) is 38.5 Å². The van der Waals surface area contributed by atoms with E-state index in [0.29, 0.717) is 24.4 Å². The molecule has 0 aromatic carbocycles. The van der Waals surface area contributed by atoms with Crippen molar-refractivity contribution in [1.29, 1.82) is 0 Å². The number of carbonyl (C=O) groups is 1. The van der Waals surface area contributed by atoms with Crippen LogP contribution in [0.2, 0.25) is 0 Å². The van der Waals surface area contributed by atoms with Gasteiger partial charge in [0.15, 0.2) is 0 Å². The first kappa shape index (κ1) is 16.3. The van der Waals surface area contributed by atoms with E-state index in [0.717, 1.165) is 18.7 Å². The summed E-state index contributed by atoms with van der Waals surface area (Å²) in [6, 6.07) is 3.82. The van der Waals surface area contributed by atoms with Gasteiger partial charge in [-0.15, -0.1) is 0 Å². The van der Waals surface area contributed by atoms with Crippen molar-refractivity contribution in [2.75, 3.05) is 13.2 Å². The third-order valence-corrected chi connectivity index (χ3v) is 3.79. The maximum Gasteiger partial charge on any atom is 0.256 e. The predicted octanol–water partition coefficient (Wildman–Crippen LogP) is 1.74. The molecular formula is C16H24N4O2. The van der Waals surface area contributed by atoms with Gasteiger partial charge in [-0.05, 0) is 30.9 Å². The Morgan fingerprint density at radius 3 is 2.73 bits per heavy atom. The summed E-state index contributed by atoms with van der Waals surface area (Å²) in [4.78, 5) is 12.4. The highest BCUT2D eigenvalue weighted by Crippen LogP contribution is 2.15. The zero-order valence-electron chi connectivity index (χ0n) is 13.2. The summed E-state index contributed by atoms with van der Waals surface area (Å²) in [5.74, 6) is 0.929. The lowest BCUT2D eigenvalue weighted by atomic mass is 10.0. The van der Waals surface area contributed by atoms with Gasteiger partial charge in [0, 0.05) is 32.6 Å². The summed E-state index contributed by atoms with van der Waals surface area (Å²) in [7, 11) is 1.82. The first-order valence-electron chi connectivity index (χ1n) is 7.71. The van der Waals surface area contributed by atoms with Crippen LogP contribution in [0.3, 0.4) is 0 Å². The zero-order valence-corrected chi connectivity index (χ0v) is 13.2. The normalized spacial score (nSPS) is 12.3. The maximum atomic E-state index is 12.4. The van der Waals surface area contributed by atoms with Crippen LogP contribution in [0.15, 0.2) is 30.7 Å². The predicted molar refractivity (Wildman–Crippen MR) is 85.0 cm³/mol. The molecule has 2 N–H and O–H groups in total. The molecule has 0 bridgehead atoms. The van der Waals surface area contributed by atoms with Gasteiger partial charge < -0.3 is 15.0 Å². The van der Waals surface area contributed by atoms with Crippen molar-refractivity contribution in [1.82, 2.24) is 19.7 Å². The molecule has 6 nitrogen and oxygen atoms in total. The number of hydrogen-bond acceptors (Lipinski definition) is 3. The van der Waals surface area contributed by atoms with Crippen molar-refractivity contribution in [3.8, 4) is 5.82 Å². The topological polar surface area (TPSA) is 72.1 Å². The van der Waals surface area contributed by atoms with Crippen molar-refractivity contribution in [3.63, 3.8) is 0 Å². The van der Waals surface area contributed by atoms with Crippen LogP contribution < -0.4 is 5.32 Å². The molecule has 2 heterocycles. The van der Waals surface area contributed by atoms with Gasteiger partial charge in [0.05, 0.1) is 6.20 Å². The quantitative estimate of drug-likeness (QED) is 0.780. The number of aliphatic hydroxyl groups excluding tert-OH is 1. The van der Waals surface area contributed by atoms with E-state index >= 15 is 0 Å². The molecule has 1 amide bonds. The number of aliphatic hydroxyl groups is 1. The Hall–Kier alpha value is -2.08. The molecule has 0 spiro atoms. The SMILES string of the molecule is CCCC(CCO)CNC(=O)c1cnn(C)c1-n1cccc1. The summed E-state index contributed by atoms with van der Waals surface area (Å²) in [5.41, 5.74) is 0.554. The molecule has 22 heavy (non-hydrogen) atoms. The molecule has 0 radical (unpaired) electrons. The van der Waals surface area contributed by atoms with Crippen LogP contribution in [-0.2, 0) is 7.05 Å². The van der Waals surface area contributed by atoms with Gasteiger partial charge in [0.2, 0.25) is 0 Å². The van der Waals surface area contributed by atoms with E-state index in [-0.39, 0.29) is 12.5 Å². The van der Waals surface area contributed by atoms with Crippen LogP contribution in [0.5, 0.6) is 0 Å². The fourth-order valence-corrected chi connectivity index (χ4v) is 2.64. The molecule has 1 unspecified atom stereocenters. The van der Waals surface area contributed by atoms with E-state index in [9.17, 15) is 4.79 Å². The van der Waals surface area contributed by atoms with Gasteiger partial charge in [-0.1, -0.05) is 13.3 Å². The van der Waals surface area contributed by atoms with Gasteiger partial charge in [-0.3, -0.25) is 9.48 Å². The molecule has 0 saturated heterocycles. The Kier molecular flexibility index (Phi) is 5.77. The molecule has 2 aromatic rings. The van der Waals surface area contributed by atoms with E-state index in [1.807, 2.05) is 36.1 Å². The first-order chi connectivity index (χ1) is 10.7. The number of aromatic nitrogens is 3. The molecule has 0 fully saturated rings. The van der Waals surface area contributed by atoms with Crippen molar-refractivity contribution in [3.05, 3.63) is 36.3 Å². The highest BCUT2D eigenvalue weighted by molar-refractivity contribution is 5.97. The number of carbonyl (C=O) groups excluding carboxylic acids is 1. The van der Waals surface area contributed by atoms with Crippen LogP contribution in [0.25, 0.3) is 5.82 Å². The molecule has 2 rings (SSSR count). The second kappa shape index (κ2) is 7.79. The second-order valence-electron chi connectivity index (χ2n) is 5.47. The number of nitrogens with zero attached hydrogens (tertiary/aromatic N) is 3. The van der Waals surface area contributed by atoms with Crippen LogP contribution in [0, 0.1) is 5.92 Å². The molecule has 0 saturated carbocycles. The molecule has 1 atom stereocenters. The lowest BCUT2D eigenvalue weighted by Gasteiger charge is -2.16. The third kappa shape index (κ3) is 3.76. The molecule has 0 aliphatic rings. The van der Waals surface area contributed by atoms with E-state index in [4.69, 9.17) is 5.11 Å². The van der Waals surface area contributed by atoms with Crippen molar-refractivity contribution in [2.24, 2.45) is 13.0 Å².